The SMILES string of the molecule is COC(=O)/C=C/C(=O)OCC(CN1CCCC1=O)OC(=O)/C=C/C(=O)OC. The molecule has 0 aromatic heterocycles. The van der Waals surface area contributed by atoms with Crippen molar-refractivity contribution in [1.29, 1.82) is 0 Å². The number of carbonyl (C=O) groups excluding carboxylic acids is 5. The highest BCUT2D eigenvalue weighted by atomic mass is 16.6. The predicted molar refractivity (Wildman–Crippen MR) is 89.0 cm³/mol. The Labute approximate surface area is 155 Å². The number of likely N-dealkylation sites (tertiary alicyclic amines) is 1. The number of hydrogen-bond donors (Lipinski definition) is 0. The van der Waals surface area contributed by atoms with Gasteiger partial charge in [0.05, 0.1) is 20.8 Å². The van der Waals surface area contributed by atoms with Crippen LogP contribution in [0.4, 0.5) is 0 Å². The lowest BCUT2D eigenvalue weighted by Crippen LogP contribution is -2.38. The van der Waals surface area contributed by atoms with Crippen LogP contribution >= 0.6 is 0 Å². The molecule has 1 amide bonds. The van der Waals surface area contributed by atoms with Crippen molar-refractivity contribution >= 4 is 29.8 Å². The standard InChI is InChI=1S/C17H21NO9/c1-24-14(20)5-7-16(22)26-11-12(10-18-9-3-4-13(18)19)27-17(23)8-6-15(21)25-2/h5-8,12H,3-4,9-11H2,1-2H3/b7-5+,8-6+. The van der Waals surface area contributed by atoms with Crippen LogP contribution in [0.5, 0.6) is 0 Å². The van der Waals surface area contributed by atoms with E-state index in [0.717, 1.165) is 38.5 Å². The molecule has 0 saturated carbocycles. The molecular weight excluding hydrogens is 362 g/mol. The number of hydrogen-bond acceptors (Lipinski definition) is 9. The molecule has 0 radical (unpaired) electrons. The normalized spacial score (nSPS) is 15.0. The second-order valence-electron chi connectivity index (χ2n) is 5.35. The summed E-state index contributed by atoms with van der Waals surface area (Å²) in [6.07, 6.45) is 3.62. The summed E-state index contributed by atoms with van der Waals surface area (Å²) in [5.41, 5.74) is 0. The predicted octanol–water partition coefficient (Wildman–Crippen LogP) is -0.478. The summed E-state index contributed by atoms with van der Waals surface area (Å²) in [5.74, 6) is -3.28. The van der Waals surface area contributed by atoms with E-state index in [4.69, 9.17) is 9.47 Å². The van der Waals surface area contributed by atoms with Crippen molar-refractivity contribution in [2.75, 3.05) is 33.9 Å². The third-order valence-corrected chi connectivity index (χ3v) is 3.40. The van der Waals surface area contributed by atoms with Gasteiger partial charge < -0.3 is 23.8 Å². The van der Waals surface area contributed by atoms with E-state index >= 15 is 0 Å². The number of esters is 4. The maximum absolute atomic E-state index is 11.8. The summed E-state index contributed by atoms with van der Waals surface area (Å²) in [6, 6.07) is 0. The molecule has 0 aromatic rings. The average molecular weight is 383 g/mol. The fraction of sp³-hybridized carbons (Fsp3) is 0.471. The molecular formula is C17H21NO9. The number of nitrogens with zero attached hydrogens (tertiary/aromatic N) is 1. The van der Waals surface area contributed by atoms with E-state index in [9.17, 15) is 24.0 Å². The summed E-state index contributed by atoms with van der Waals surface area (Å²) in [7, 11) is 2.31. The van der Waals surface area contributed by atoms with E-state index in [1.807, 2.05) is 0 Å². The first-order chi connectivity index (χ1) is 12.8. The van der Waals surface area contributed by atoms with Gasteiger partial charge in [0.25, 0.3) is 0 Å². The average Bonchev–Trinajstić information content (AvgIpc) is 3.06. The fourth-order valence-corrected chi connectivity index (χ4v) is 2.10. The fourth-order valence-electron chi connectivity index (χ4n) is 2.10. The van der Waals surface area contributed by atoms with E-state index in [-0.39, 0.29) is 19.1 Å². The largest absolute Gasteiger partial charge is 0.466 e. The molecule has 0 N–H and O–H groups in total. The first-order valence-corrected chi connectivity index (χ1v) is 8.03. The zero-order chi connectivity index (χ0) is 20.2. The van der Waals surface area contributed by atoms with Crippen LogP contribution in [0.15, 0.2) is 24.3 Å². The second kappa shape index (κ2) is 11.4. The van der Waals surface area contributed by atoms with Gasteiger partial charge in [-0.2, -0.15) is 0 Å². The van der Waals surface area contributed by atoms with E-state index in [1.54, 1.807) is 0 Å². The molecule has 1 unspecified atom stereocenters. The van der Waals surface area contributed by atoms with Gasteiger partial charge in [0.15, 0.2) is 6.10 Å². The minimum absolute atomic E-state index is 0.0324. The summed E-state index contributed by atoms with van der Waals surface area (Å²) in [6.45, 7) is 0.192. The van der Waals surface area contributed by atoms with E-state index in [1.165, 1.54) is 4.90 Å². The Kier molecular flexibility index (Phi) is 9.27. The Hall–Kier alpha value is -3.17. The summed E-state index contributed by atoms with van der Waals surface area (Å²) in [5, 5.41) is 0. The molecule has 1 rings (SSSR count). The minimum atomic E-state index is -0.947. The molecule has 1 saturated heterocycles. The van der Waals surface area contributed by atoms with Gasteiger partial charge in [0.1, 0.15) is 6.61 Å². The van der Waals surface area contributed by atoms with Crippen molar-refractivity contribution in [2.45, 2.75) is 18.9 Å². The van der Waals surface area contributed by atoms with Gasteiger partial charge in [0, 0.05) is 37.3 Å². The van der Waals surface area contributed by atoms with Crippen LogP contribution in [0.25, 0.3) is 0 Å². The van der Waals surface area contributed by atoms with E-state index in [0.29, 0.717) is 19.4 Å². The lowest BCUT2D eigenvalue weighted by molar-refractivity contribution is -0.155. The maximum Gasteiger partial charge on any atom is 0.331 e. The number of ether oxygens (including phenoxy) is 4. The van der Waals surface area contributed by atoms with Crippen LogP contribution in [-0.2, 0) is 42.9 Å². The Balaban J connectivity index is 2.65. The molecule has 1 heterocycles. The van der Waals surface area contributed by atoms with Crippen LogP contribution in [0.3, 0.4) is 0 Å². The second-order valence-corrected chi connectivity index (χ2v) is 5.35. The number of rotatable bonds is 9. The maximum atomic E-state index is 11.8. The van der Waals surface area contributed by atoms with Gasteiger partial charge in [-0.05, 0) is 6.42 Å². The number of amides is 1. The van der Waals surface area contributed by atoms with Gasteiger partial charge in [-0.15, -0.1) is 0 Å². The summed E-state index contributed by atoms with van der Waals surface area (Å²) in [4.78, 5) is 58.6. The highest BCUT2D eigenvalue weighted by Gasteiger charge is 2.26. The van der Waals surface area contributed by atoms with Gasteiger partial charge in [0.2, 0.25) is 5.91 Å². The Morgan fingerprint density at radius 1 is 0.963 bits per heavy atom. The van der Waals surface area contributed by atoms with Crippen LogP contribution in [-0.4, -0.2) is 74.7 Å². The van der Waals surface area contributed by atoms with Gasteiger partial charge in [-0.25, -0.2) is 19.2 Å². The van der Waals surface area contributed by atoms with E-state index < -0.39 is 30.0 Å². The Morgan fingerprint density at radius 2 is 1.52 bits per heavy atom. The number of carbonyl (C=O) groups is 5. The van der Waals surface area contributed by atoms with Crippen LogP contribution in [0.1, 0.15) is 12.8 Å². The monoisotopic (exact) mass is 383 g/mol. The molecule has 1 atom stereocenters. The first kappa shape index (κ1) is 21.9. The van der Waals surface area contributed by atoms with Crippen LogP contribution in [0.2, 0.25) is 0 Å². The van der Waals surface area contributed by atoms with Gasteiger partial charge in [-0.1, -0.05) is 0 Å². The molecule has 0 aromatic carbocycles. The van der Waals surface area contributed by atoms with Gasteiger partial charge >= 0.3 is 23.9 Å². The molecule has 27 heavy (non-hydrogen) atoms. The molecule has 1 aliphatic heterocycles. The zero-order valence-electron chi connectivity index (χ0n) is 15.0. The topological polar surface area (TPSA) is 126 Å². The molecule has 10 nitrogen and oxygen atoms in total. The lowest BCUT2D eigenvalue weighted by Gasteiger charge is -2.23. The quantitative estimate of drug-likeness (QED) is 0.295. The number of methoxy groups -OCH3 is 2. The molecule has 1 fully saturated rings. The lowest BCUT2D eigenvalue weighted by atomic mass is 10.3. The van der Waals surface area contributed by atoms with Crippen molar-refractivity contribution in [2.24, 2.45) is 0 Å². The highest BCUT2D eigenvalue weighted by molar-refractivity contribution is 5.92. The highest BCUT2D eigenvalue weighted by Crippen LogP contribution is 2.11. The Morgan fingerprint density at radius 3 is 2.04 bits per heavy atom. The van der Waals surface area contributed by atoms with E-state index in [2.05, 4.69) is 9.47 Å². The van der Waals surface area contributed by atoms with Gasteiger partial charge in [-0.3, -0.25) is 4.79 Å². The van der Waals surface area contributed by atoms with Crippen LogP contribution in [0, 0.1) is 0 Å². The van der Waals surface area contributed by atoms with Crippen molar-refractivity contribution in [3.8, 4) is 0 Å². The van der Waals surface area contributed by atoms with Crippen molar-refractivity contribution in [3.05, 3.63) is 24.3 Å². The van der Waals surface area contributed by atoms with Crippen molar-refractivity contribution in [3.63, 3.8) is 0 Å². The minimum Gasteiger partial charge on any atom is -0.466 e. The molecule has 0 spiro atoms. The van der Waals surface area contributed by atoms with Crippen molar-refractivity contribution in [1.82, 2.24) is 4.90 Å². The van der Waals surface area contributed by atoms with Crippen LogP contribution < -0.4 is 0 Å². The first-order valence-electron chi connectivity index (χ1n) is 8.03. The molecule has 148 valence electrons. The zero-order valence-corrected chi connectivity index (χ0v) is 15.0. The molecule has 0 aliphatic carbocycles. The smallest absolute Gasteiger partial charge is 0.331 e. The molecule has 1 aliphatic rings. The Bertz CT molecular complexity index is 638. The summed E-state index contributed by atoms with van der Waals surface area (Å²) >= 11 is 0. The van der Waals surface area contributed by atoms with Crippen molar-refractivity contribution < 1.29 is 42.9 Å². The third-order valence-electron chi connectivity index (χ3n) is 3.40. The molecule has 10 heteroatoms. The molecule has 0 bridgehead atoms. The summed E-state index contributed by atoms with van der Waals surface area (Å²) < 4.78 is 18.8. The third kappa shape index (κ3) is 8.66.